The number of para-hydroxylation sites is 1. The average molecular weight is 391 g/mol. The third-order valence-corrected chi connectivity index (χ3v) is 4.15. The zero-order valence-electron chi connectivity index (χ0n) is 15.9. The SMILES string of the molecule is C[C@@H](OC(=O)c1ccccc1O)C(=O)Nc1ccc(OCc2ccccc2)cc1. The number of anilines is 1. The number of benzene rings is 3. The Bertz CT molecular complexity index is 970. The van der Waals surface area contributed by atoms with Gasteiger partial charge in [-0.2, -0.15) is 0 Å². The average Bonchev–Trinajstić information content (AvgIpc) is 2.74. The lowest BCUT2D eigenvalue weighted by atomic mass is 10.2. The van der Waals surface area contributed by atoms with Gasteiger partial charge in [-0.25, -0.2) is 4.79 Å². The van der Waals surface area contributed by atoms with Gasteiger partial charge in [0.15, 0.2) is 6.10 Å². The number of carbonyl (C=O) groups excluding carboxylic acids is 2. The van der Waals surface area contributed by atoms with Crippen molar-refractivity contribution in [2.45, 2.75) is 19.6 Å². The molecule has 0 aliphatic heterocycles. The van der Waals surface area contributed by atoms with E-state index in [4.69, 9.17) is 9.47 Å². The number of esters is 1. The van der Waals surface area contributed by atoms with E-state index in [1.165, 1.54) is 19.1 Å². The number of hydrogen-bond donors (Lipinski definition) is 2. The van der Waals surface area contributed by atoms with Crippen molar-refractivity contribution in [3.63, 3.8) is 0 Å². The summed E-state index contributed by atoms with van der Waals surface area (Å²) < 4.78 is 10.8. The van der Waals surface area contributed by atoms with Gasteiger partial charge in [0.25, 0.3) is 5.91 Å². The molecule has 148 valence electrons. The zero-order valence-corrected chi connectivity index (χ0v) is 15.9. The van der Waals surface area contributed by atoms with Gasteiger partial charge < -0.3 is 19.9 Å². The smallest absolute Gasteiger partial charge is 0.342 e. The van der Waals surface area contributed by atoms with Crippen LogP contribution in [0.5, 0.6) is 11.5 Å². The Morgan fingerprint density at radius 3 is 2.28 bits per heavy atom. The third kappa shape index (κ3) is 5.59. The second kappa shape index (κ2) is 9.41. The fraction of sp³-hybridized carbons (Fsp3) is 0.130. The number of phenols is 1. The third-order valence-electron chi connectivity index (χ3n) is 4.15. The Kier molecular flexibility index (Phi) is 6.47. The fourth-order valence-electron chi connectivity index (χ4n) is 2.54. The first-order valence-corrected chi connectivity index (χ1v) is 9.09. The van der Waals surface area contributed by atoms with Gasteiger partial charge in [0.1, 0.15) is 23.7 Å². The maximum atomic E-state index is 12.3. The number of nitrogens with one attached hydrogen (secondary N) is 1. The summed E-state index contributed by atoms with van der Waals surface area (Å²) in [6.45, 7) is 1.91. The molecule has 0 radical (unpaired) electrons. The lowest BCUT2D eigenvalue weighted by Crippen LogP contribution is -2.30. The molecule has 0 fully saturated rings. The van der Waals surface area contributed by atoms with E-state index in [0.29, 0.717) is 18.0 Å². The Morgan fingerprint density at radius 2 is 1.59 bits per heavy atom. The molecule has 0 aliphatic rings. The van der Waals surface area contributed by atoms with Crippen LogP contribution in [0.25, 0.3) is 0 Å². The first kappa shape index (κ1) is 19.9. The van der Waals surface area contributed by atoms with Crippen LogP contribution in [0.15, 0.2) is 78.9 Å². The van der Waals surface area contributed by atoms with Gasteiger partial charge in [0, 0.05) is 5.69 Å². The molecule has 0 aliphatic carbocycles. The minimum absolute atomic E-state index is 0.00654. The maximum absolute atomic E-state index is 12.3. The summed E-state index contributed by atoms with van der Waals surface area (Å²) in [4.78, 5) is 24.4. The van der Waals surface area contributed by atoms with Crippen molar-refractivity contribution in [1.29, 1.82) is 0 Å². The second-order valence-corrected chi connectivity index (χ2v) is 6.35. The van der Waals surface area contributed by atoms with Crippen LogP contribution in [0, 0.1) is 0 Å². The summed E-state index contributed by atoms with van der Waals surface area (Å²) >= 11 is 0. The van der Waals surface area contributed by atoms with E-state index in [-0.39, 0.29) is 11.3 Å². The van der Waals surface area contributed by atoms with Crippen molar-refractivity contribution in [2.75, 3.05) is 5.32 Å². The summed E-state index contributed by atoms with van der Waals surface area (Å²) in [5.41, 5.74) is 1.62. The summed E-state index contributed by atoms with van der Waals surface area (Å²) in [7, 11) is 0. The second-order valence-electron chi connectivity index (χ2n) is 6.35. The highest BCUT2D eigenvalue weighted by atomic mass is 16.5. The monoisotopic (exact) mass is 391 g/mol. The maximum Gasteiger partial charge on any atom is 0.342 e. The molecule has 0 bridgehead atoms. The molecule has 0 saturated heterocycles. The molecule has 1 atom stereocenters. The number of ether oxygens (including phenoxy) is 2. The first-order chi connectivity index (χ1) is 14.0. The Balaban J connectivity index is 1.52. The molecule has 3 aromatic carbocycles. The predicted octanol–water partition coefficient (Wildman–Crippen LogP) is 4.16. The summed E-state index contributed by atoms with van der Waals surface area (Å²) in [6.07, 6.45) is -1.03. The van der Waals surface area contributed by atoms with Crippen LogP contribution in [-0.4, -0.2) is 23.1 Å². The van der Waals surface area contributed by atoms with E-state index in [0.717, 1.165) is 5.56 Å². The topological polar surface area (TPSA) is 84.9 Å². The highest BCUT2D eigenvalue weighted by Crippen LogP contribution is 2.19. The van der Waals surface area contributed by atoms with Gasteiger partial charge in [-0.3, -0.25) is 4.79 Å². The number of phenolic OH excluding ortho intramolecular Hbond substituents is 1. The van der Waals surface area contributed by atoms with Gasteiger partial charge >= 0.3 is 5.97 Å². The molecule has 6 heteroatoms. The van der Waals surface area contributed by atoms with Crippen molar-refractivity contribution in [3.8, 4) is 11.5 Å². The lowest BCUT2D eigenvalue weighted by molar-refractivity contribution is -0.123. The van der Waals surface area contributed by atoms with Crippen molar-refractivity contribution in [2.24, 2.45) is 0 Å². The molecule has 29 heavy (non-hydrogen) atoms. The fourth-order valence-corrected chi connectivity index (χ4v) is 2.54. The van der Waals surface area contributed by atoms with E-state index in [1.807, 2.05) is 30.3 Å². The van der Waals surface area contributed by atoms with Crippen molar-refractivity contribution >= 4 is 17.6 Å². The Hall–Kier alpha value is -3.80. The number of rotatable bonds is 7. The van der Waals surface area contributed by atoms with Gasteiger partial charge in [0.05, 0.1) is 0 Å². The summed E-state index contributed by atoms with van der Waals surface area (Å²) in [5, 5.41) is 12.4. The van der Waals surface area contributed by atoms with Gasteiger partial charge in [-0.05, 0) is 48.9 Å². The van der Waals surface area contributed by atoms with Crippen LogP contribution in [0.4, 0.5) is 5.69 Å². The van der Waals surface area contributed by atoms with E-state index in [9.17, 15) is 14.7 Å². The van der Waals surface area contributed by atoms with Crippen LogP contribution >= 0.6 is 0 Å². The molecule has 0 aromatic heterocycles. The number of carbonyl (C=O) groups is 2. The molecule has 0 unspecified atom stereocenters. The minimum Gasteiger partial charge on any atom is -0.507 e. The van der Waals surface area contributed by atoms with Crippen molar-refractivity contribution in [3.05, 3.63) is 90.0 Å². The van der Waals surface area contributed by atoms with Gasteiger partial charge in [0.2, 0.25) is 0 Å². The van der Waals surface area contributed by atoms with Crippen LogP contribution in [-0.2, 0) is 16.1 Å². The molecule has 3 aromatic rings. The van der Waals surface area contributed by atoms with Crippen LogP contribution < -0.4 is 10.1 Å². The van der Waals surface area contributed by atoms with E-state index < -0.39 is 18.0 Å². The highest BCUT2D eigenvalue weighted by Gasteiger charge is 2.20. The van der Waals surface area contributed by atoms with Crippen molar-refractivity contribution in [1.82, 2.24) is 0 Å². The minimum atomic E-state index is -1.03. The standard InChI is InChI=1S/C23H21NO5/c1-16(29-23(27)20-9-5-6-10-21(20)25)22(26)24-18-11-13-19(14-12-18)28-15-17-7-3-2-4-8-17/h2-14,16,25H,15H2,1H3,(H,24,26)/t16-/m1/s1. The Labute approximate surface area is 168 Å². The molecule has 0 heterocycles. The summed E-state index contributed by atoms with van der Waals surface area (Å²) in [6, 6.07) is 22.7. The molecular weight excluding hydrogens is 370 g/mol. The molecule has 3 rings (SSSR count). The molecular formula is C23H21NO5. The number of amides is 1. The lowest BCUT2D eigenvalue weighted by Gasteiger charge is -2.14. The predicted molar refractivity (Wildman–Crippen MR) is 109 cm³/mol. The van der Waals surface area contributed by atoms with Gasteiger partial charge in [-0.15, -0.1) is 0 Å². The van der Waals surface area contributed by atoms with Crippen molar-refractivity contribution < 1.29 is 24.2 Å². The van der Waals surface area contributed by atoms with E-state index in [1.54, 1.807) is 36.4 Å². The van der Waals surface area contributed by atoms with E-state index in [2.05, 4.69) is 5.32 Å². The number of hydrogen-bond acceptors (Lipinski definition) is 5. The number of aromatic hydroxyl groups is 1. The normalized spacial score (nSPS) is 11.3. The molecule has 2 N–H and O–H groups in total. The van der Waals surface area contributed by atoms with Crippen LogP contribution in [0.2, 0.25) is 0 Å². The van der Waals surface area contributed by atoms with Gasteiger partial charge in [-0.1, -0.05) is 42.5 Å². The first-order valence-electron chi connectivity index (χ1n) is 9.09. The van der Waals surface area contributed by atoms with Crippen LogP contribution in [0.3, 0.4) is 0 Å². The molecule has 1 amide bonds. The molecule has 0 spiro atoms. The van der Waals surface area contributed by atoms with E-state index >= 15 is 0 Å². The summed E-state index contributed by atoms with van der Waals surface area (Å²) in [5.74, 6) is -0.774. The van der Waals surface area contributed by atoms with Crippen LogP contribution in [0.1, 0.15) is 22.8 Å². The highest BCUT2D eigenvalue weighted by molar-refractivity contribution is 5.98. The quantitative estimate of drug-likeness (QED) is 0.591. The molecule has 6 nitrogen and oxygen atoms in total. The largest absolute Gasteiger partial charge is 0.507 e. The molecule has 0 saturated carbocycles. The Morgan fingerprint density at radius 1 is 0.931 bits per heavy atom. The zero-order chi connectivity index (χ0) is 20.6.